The number of carbonyl (C=O) groups excluding carboxylic acids is 2. The van der Waals surface area contributed by atoms with Crippen molar-refractivity contribution in [3.8, 4) is 5.88 Å². The quantitative estimate of drug-likeness (QED) is 0.619. The number of halogens is 1. The van der Waals surface area contributed by atoms with Crippen molar-refractivity contribution in [2.45, 2.75) is 4.21 Å². The molecule has 3 aromatic rings. The molecule has 0 spiro atoms. The average Bonchev–Trinajstić information content (AvgIpc) is 3.16. The first-order valence-corrected chi connectivity index (χ1v) is 10.1. The summed E-state index contributed by atoms with van der Waals surface area (Å²) in [6.07, 6.45) is 0. The van der Waals surface area contributed by atoms with Crippen LogP contribution >= 0.6 is 22.9 Å². The van der Waals surface area contributed by atoms with Gasteiger partial charge in [0.15, 0.2) is 0 Å². The van der Waals surface area contributed by atoms with Gasteiger partial charge in [-0.05, 0) is 30.3 Å². The maximum atomic E-state index is 13.0. The first-order chi connectivity index (χ1) is 12.6. The fraction of sp³-hybridized carbons (Fsp3) is 0.125. The van der Waals surface area contributed by atoms with Crippen LogP contribution < -0.4 is 5.73 Å². The molecule has 0 aliphatic heterocycles. The van der Waals surface area contributed by atoms with Crippen molar-refractivity contribution >= 4 is 55.7 Å². The van der Waals surface area contributed by atoms with E-state index < -0.39 is 27.7 Å². The lowest BCUT2D eigenvalue weighted by Gasteiger charge is -2.08. The second-order valence-electron chi connectivity index (χ2n) is 5.77. The number of primary amides is 1. The van der Waals surface area contributed by atoms with Gasteiger partial charge in [0.2, 0.25) is 11.7 Å². The van der Waals surface area contributed by atoms with Crippen LogP contribution in [0.5, 0.6) is 5.88 Å². The molecule has 3 rings (SSSR count). The van der Waals surface area contributed by atoms with E-state index in [1.165, 1.54) is 44.4 Å². The molecule has 0 unspecified atom stereocenters. The van der Waals surface area contributed by atoms with E-state index in [0.717, 1.165) is 20.2 Å². The molecule has 2 aromatic heterocycles. The van der Waals surface area contributed by atoms with E-state index in [2.05, 4.69) is 0 Å². The van der Waals surface area contributed by atoms with Gasteiger partial charge in [-0.1, -0.05) is 11.6 Å². The lowest BCUT2D eigenvalue weighted by molar-refractivity contribution is 0.104. The largest absolute Gasteiger partial charge is 0.494 e. The van der Waals surface area contributed by atoms with E-state index in [-0.39, 0.29) is 25.6 Å². The van der Waals surface area contributed by atoms with Gasteiger partial charge in [0.05, 0.1) is 16.0 Å². The maximum absolute atomic E-state index is 13.0. The standard InChI is InChI=1S/C16H14ClN3O5S2/c1-19(2)27(24,25)12-6-5-11(26-12)14(21)13-9-7-8(17)3-4-10(9)20(15(13)22)16(18)23/h3-7,22H,1-2H3,(H2,18,23). The van der Waals surface area contributed by atoms with E-state index in [4.69, 9.17) is 17.3 Å². The monoisotopic (exact) mass is 427 g/mol. The number of ketones is 1. The Bertz CT molecular complexity index is 1190. The van der Waals surface area contributed by atoms with Crippen molar-refractivity contribution in [2.24, 2.45) is 5.73 Å². The van der Waals surface area contributed by atoms with Gasteiger partial charge in [-0.25, -0.2) is 22.1 Å². The van der Waals surface area contributed by atoms with Crippen LogP contribution in [0.3, 0.4) is 0 Å². The van der Waals surface area contributed by atoms with Crippen molar-refractivity contribution in [1.82, 2.24) is 8.87 Å². The summed E-state index contributed by atoms with van der Waals surface area (Å²) in [6, 6.07) is 6.06. The van der Waals surface area contributed by atoms with Gasteiger partial charge in [-0.15, -0.1) is 11.3 Å². The topological polar surface area (TPSA) is 123 Å². The Morgan fingerprint density at radius 3 is 2.48 bits per heavy atom. The summed E-state index contributed by atoms with van der Waals surface area (Å²) in [6.45, 7) is 0. The molecule has 2 heterocycles. The zero-order chi connectivity index (χ0) is 20.1. The normalized spacial score (nSPS) is 12.0. The molecule has 0 aliphatic rings. The number of sulfonamides is 1. The number of nitrogens with two attached hydrogens (primary N) is 1. The van der Waals surface area contributed by atoms with Crippen LogP contribution in [0.25, 0.3) is 10.9 Å². The number of hydrogen-bond donors (Lipinski definition) is 2. The third-order valence-corrected chi connectivity index (χ3v) is 7.49. The maximum Gasteiger partial charge on any atom is 0.326 e. The summed E-state index contributed by atoms with van der Waals surface area (Å²) in [5.74, 6) is -1.28. The number of nitrogens with zero attached hydrogens (tertiary/aromatic N) is 2. The number of rotatable bonds is 4. The predicted octanol–water partition coefficient (Wildman–Crippen LogP) is 2.47. The highest BCUT2D eigenvalue weighted by Crippen LogP contribution is 2.36. The Hall–Kier alpha value is -2.40. The zero-order valence-corrected chi connectivity index (χ0v) is 16.5. The van der Waals surface area contributed by atoms with E-state index in [9.17, 15) is 23.1 Å². The van der Waals surface area contributed by atoms with Gasteiger partial charge in [0.25, 0.3) is 10.0 Å². The summed E-state index contributed by atoms with van der Waals surface area (Å²) >= 11 is 6.74. The lowest BCUT2D eigenvalue weighted by Crippen LogP contribution is -2.21. The fourth-order valence-corrected chi connectivity index (χ4v) is 5.17. The van der Waals surface area contributed by atoms with E-state index in [1.54, 1.807) is 0 Å². The molecule has 1 amide bonds. The molecule has 0 saturated heterocycles. The molecule has 0 bridgehead atoms. The number of fused-ring (bicyclic) bond motifs is 1. The zero-order valence-electron chi connectivity index (χ0n) is 14.1. The van der Waals surface area contributed by atoms with E-state index in [1.807, 2.05) is 0 Å². The smallest absolute Gasteiger partial charge is 0.326 e. The van der Waals surface area contributed by atoms with Crippen LogP contribution in [0, 0.1) is 0 Å². The Labute approximate surface area is 163 Å². The highest BCUT2D eigenvalue weighted by Gasteiger charge is 2.28. The van der Waals surface area contributed by atoms with Crippen LogP contribution in [-0.2, 0) is 10.0 Å². The van der Waals surface area contributed by atoms with Crippen molar-refractivity contribution in [1.29, 1.82) is 0 Å². The minimum absolute atomic E-state index is 0.0213. The number of carbonyl (C=O) groups is 2. The van der Waals surface area contributed by atoms with Gasteiger partial charge in [-0.2, -0.15) is 0 Å². The van der Waals surface area contributed by atoms with Crippen LogP contribution in [0.1, 0.15) is 15.2 Å². The van der Waals surface area contributed by atoms with Crippen LogP contribution in [-0.4, -0.2) is 48.3 Å². The molecule has 142 valence electrons. The second kappa shape index (κ2) is 6.64. The highest BCUT2D eigenvalue weighted by molar-refractivity contribution is 7.91. The van der Waals surface area contributed by atoms with E-state index >= 15 is 0 Å². The predicted molar refractivity (Wildman–Crippen MR) is 102 cm³/mol. The molecule has 8 nitrogen and oxygen atoms in total. The number of amides is 1. The van der Waals surface area contributed by atoms with Gasteiger partial charge in [-0.3, -0.25) is 4.79 Å². The van der Waals surface area contributed by atoms with Crippen molar-refractivity contribution in [3.05, 3.63) is 45.8 Å². The number of aromatic nitrogens is 1. The highest BCUT2D eigenvalue weighted by atomic mass is 35.5. The first-order valence-electron chi connectivity index (χ1n) is 7.45. The minimum Gasteiger partial charge on any atom is -0.494 e. The first kappa shape index (κ1) is 19.4. The lowest BCUT2D eigenvalue weighted by atomic mass is 10.1. The molecule has 27 heavy (non-hydrogen) atoms. The van der Waals surface area contributed by atoms with Gasteiger partial charge in [0, 0.05) is 24.5 Å². The number of benzene rings is 1. The van der Waals surface area contributed by atoms with Crippen LogP contribution in [0.2, 0.25) is 5.02 Å². The SMILES string of the molecule is CN(C)S(=O)(=O)c1ccc(C(=O)c2c(O)n(C(N)=O)c3ccc(Cl)cc23)s1. The Morgan fingerprint density at radius 2 is 1.89 bits per heavy atom. The molecular weight excluding hydrogens is 414 g/mol. The summed E-state index contributed by atoms with van der Waals surface area (Å²) in [5.41, 5.74) is 5.34. The summed E-state index contributed by atoms with van der Waals surface area (Å²) in [4.78, 5) is 24.8. The number of hydrogen-bond acceptors (Lipinski definition) is 6. The van der Waals surface area contributed by atoms with Crippen molar-refractivity contribution < 1.29 is 23.1 Å². The van der Waals surface area contributed by atoms with Crippen molar-refractivity contribution in [3.63, 3.8) is 0 Å². The molecule has 11 heteroatoms. The second-order valence-corrected chi connectivity index (χ2v) is 9.67. The molecule has 3 N–H and O–H groups in total. The molecule has 0 fully saturated rings. The van der Waals surface area contributed by atoms with Gasteiger partial charge >= 0.3 is 6.03 Å². The van der Waals surface area contributed by atoms with Gasteiger partial charge < -0.3 is 10.8 Å². The Balaban J connectivity index is 2.21. The summed E-state index contributed by atoms with van der Waals surface area (Å²) in [7, 11) is -0.943. The van der Waals surface area contributed by atoms with Crippen molar-refractivity contribution in [2.75, 3.05) is 14.1 Å². The molecule has 0 atom stereocenters. The summed E-state index contributed by atoms with van der Waals surface area (Å²) < 4.78 is 26.2. The third-order valence-electron chi connectivity index (χ3n) is 3.89. The minimum atomic E-state index is -3.70. The molecule has 0 radical (unpaired) electrons. The molecule has 0 aliphatic carbocycles. The summed E-state index contributed by atoms with van der Waals surface area (Å²) in [5, 5.41) is 11.0. The number of thiophene rings is 1. The Kier molecular flexibility index (Phi) is 4.76. The Morgan fingerprint density at radius 1 is 1.22 bits per heavy atom. The third kappa shape index (κ3) is 3.10. The van der Waals surface area contributed by atoms with E-state index in [0.29, 0.717) is 5.02 Å². The fourth-order valence-electron chi connectivity index (χ4n) is 2.58. The number of aromatic hydroxyl groups is 1. The average molecular weight is 428 g/mol. The van der Waals surface area contributed by atoms with Crippen LogP contribution in [0.4, 0.5) is 4.79 Å². The molecule has 1 aromatic carbocycles. The van der Waals surface area contributed by atoms with Crippen LogP contribution in [0.15, 0.2) is 34.5 Å². The van der Waals surface area contributed by atoms with Gasteiger partial charge in [0.1, 0.15) is 4.21 Å². The molecular formula is C16H14ClN3O5S2. The molecule has 0 saturated carbocycles.